The van der Waals surface area contributed by atoms with Crippen LogP contribution in [0.2, 0.25) is 0 Å². The van der Waals surface area contributed by atoms with Crippen molar-refractivity contribution in [2.75, 3.05) is 23.3 Å². The Morgan fingerprint density at radius 1 is 0.900 bits per heavy atom. The maximum Gasteiger partial charge on any atom is 0.269 e. The summed E-state index contributed by atoms with van der Waals surface area (Å²) < 4.78 is 0. The van der Waals surface area contributed by atoms with Gasteiger partial charge in [-0.1, -0.05) is 12.1 Å². The highest BCUT2D eigenvalue weighted by atomic mass is 16.6. The number of non-ortho nitro benzene ring substituents is 1. The lowest BCUT2D eigenvalue weighted by Gasteiger charge is -2.27. The molecule has 2 aromatic carbocycles. The highest BCUT2D eigenvalue weighted by Crippen LogP contribution is 2.23. The number of benzene rings is 2. The van der Waals surface area contributed by atoms with Crippen molar-refractivity contribution in [3.05, 3.63) is 76.3 Å². The molecule has 3 aromatic rings. The van der Waals surface area contributed by atoms with Gasteiger partial charge in [0.25, 0.3) is 11.6 Å². The molecule has 1 saturated heterocycles. The van der Waals surface area contributed by atoms with Crippen LogP contribution in [-0.2, 0) is 0 Å². The summed E-state index contributed by atoms with van der Waals surface area (Å²) in [6, 6.07) is 16.8. The van der Waals surface area contributed by atoms with Gasteiger partial charge in [0, 0.05) is 42.0 Å². The summed E-state index contributed by atoms with van der Waals surface area (Å²) >= 11 is 0. The molecule has 1 amide bonds. The van der Waals surface area contributed by atoms with Crippen molar-refractivity contribution in [3.8, 4) is 11.3 Å². The van der Waals surface area contributed by atoms with Gasteiger partial charge in [0.05, 0.1) is 10.6 Å². The first kappa shape index (κ1) is 19.5. The van der Waals surface area contributed by atoms with Gasteiger partial charge in [0.2, 0.25) is 0 Å². The number of nitrogens with one attached hydrogen (secondary N) is 1. The molecular weight excluding hydrogens is 382 g/mol. The Morgan fingerprint density at radius 2 is 1.60 bits per heavy atom. The second-order valence-electron chi connectivity index (χ2n) is 7.16. The van der Waals surface area contributed by atoms with Gasteiger partial charge in [0.15, 0.2) is 5.82 Å². The summed E-state index contributed by atoms with van der Waals surface area (Å²) in [4.78, 5) is 24.8. The van der Waals surface area contributed by atoms with E-state index in [4.69, 9.17) is 0 Å². The number of piperidine rings is 1. The summed E-state index contributed by atoms with van der Waals surface area (Å²) in [6.45, 7) is 2.05. The van der Waals surface area contributed by atoms with Gasteiger partial charge in [-0.2, -0.15) is 0 Å². The number of anilines is 2. The molecule has 0 saturated carbocycles. The molecule has 0 spiro atoms. The Hall–Kier alpha value is -3.81. The van der Waals surface area contributed by atoms with Gasteiger partial charge in [-0.15, -0.1) is 10.2 Å². The normalized spacial score (nSPS) is 13.7. The van der Waals surface area contributed by atoms with E-state index in [1.54, 1.807) is 12.1 Å². The van der Waals surface area contributed by atoms with Crippen LogP contribution in [0, 0.1) is 10.1 Å². The molecule has 0 unspecified atom stereocenters. The minimum atomic E-state index is -0.498. The Labute approximate surface area is 173 Å². The number of nitrogens with zero attached hydrogens (tertiary/aromatic N) is 4. The Bertz CT molecular complexity index is 1030. The summed E-state index contributed by atoms with van der Waals surface area (Å²) in [5.74, 6) is 0.578. The van der Waals surface area contributed by atoms with Crippen LogP contribution >= 0.6 is 0 Å². The first-order valence-corrected chi connectivity index (χ1v) is 9.85. The van der Waals surface area contributed by atoms with E-state index in [1.165, 1.54) is 43.5 Å². The van der Waals surface area contributed by atoms with E-state index >= 15 is 0 Å². The second-order valence-corrected chi connectivity index (χ2v) is 7.16. The Balaban J connectivity index is 1.41. The average molecular weight is 403 g/mol. The van der Waals surface area contributed by atoms with Gasteiger partial charge < -0.3 is 10.2 Å². The number of rotatable bonds is 5. The number of aromatic nitrogens is 2. The predicted molar refractivity (Wildman–Crippen MR) is 115 cm³/mol. The number of carbonyl (C=O) groups excluding carboxylic acids is 1. The molecule has 30 heavy (non-hydrogen) atoms. The third-order valence-corrected chi connectivity index (χ3v) is 5.11. The lowest BCUT2D eigenvalue weighted by Crippen LogP contribution is -2.30. The zero-order valence-corrected chi connectivity index (χ0v) is 16.3. The Morgan fingerprint density at radius 3 is 2.20 bits per heavy atom. The third-order valence-electron chi connectivity index (χ3n) is 5.11. The molecular formula is C22H21N5O3. The minimum Gasteiger partial charge on any atom is -0.355 e. The molecule has 152 valence electrons. The van der Waals surface area contributed by atoms with Crippen LogP contribution in [0.15, 0.2) is 60.7 Å². The van der Waals surface area contributed by atoms with Crippen LogP contribution in [0.4, 0.5) is 17.2 Å². The number of nitro groups is 1. The van der Waals surface area contributed by atoms with Gasteiger partial charge in [0.1, 0.15) is 0 Å². The average Bonchev–Trinajstić information content (AvgIpc) is 2.80. The van der Waals surface area contributed by atoms with E-state index in [1.807, 2.05) is 24.3 Å². The fourth-order valence-corrected chi connectivity index (χ4v) is 3.43. The van der Waals surface area contributed by atoms with Crippen molar-refractivity contribution in [1.29, 1.82) is 0 Å². The molecule has 1 fully saturated rings. The fraction of sp³-hybridized carbons (Fsp3) is 0.227. The SMILES string of the molecule is O=C(Nc1ccc(-c2ccc(N3CCCCC3)nn2)cc1)c1ccc([N+](=O)[O-])cc1. The molecule has 0 radical (unpaired) electrons. The number of hydrogen-bond acceptors (Lipinski definition) is 6. The van der Waals surface area contributed by atoms with Gasteiger partial charge >= 0.3 is 0 Å². The second kappa shape index (κ2) is 8.69. The van der Waals surface area contributed by atoms with Crippen molar-refractivity contribution in [3.63, 3.8) is 0 Å². The van der Waals surface area contributed by atoms with E-state index in [0.29, 0.717) is 11.3 Å². The van der Waals surface area contributed by atoms with E-state index in [9.17, 15) is 14.9 Å². The maximum atomic E-state index is 12.3. The van der Waals surface area contributed by atoms with Crippen LogP contribution in [0.25, 0.3) is 11.3 Å². The molecule has 0 bridgehead atoms. The van der Waals surface area contributed by atoms with Gasteiger partial charge in [-0.3, -0.25) is 14.9 Å². The topological polar surface area (TPSA) is 101 Å². The van der Waals surface area contributed by atoms with Gasteiger partial charge in [-0.25, -0.2) is 0 Å². The summed E-state index contributed by atoms with van der Waals surface area (Å²) in [6.07, 6.45) is 3.65. The van der Waals surface area contributed by atoms with E-state index in [0.717, 1.165) is 30.2 Å². The molecule has 1 aromatic heterocycles. The van der Waals surface area contributed by atoms with Crippen molar-refractivity contribution < 1.29 is 9.72 Å². The predicted octanol–water partition coefficient (Wildman–Crippen LogP) is 4.29. The van der Waals surface area contributed by atoms with Crippen LogP contribution < -0.4 is 10.2 Å². The van der Waals surface area contributed by atoms with Gasteiger partial charge in [-0.05, 0) is 55.7 Å². The highest BCUT2D eigenvalue weighted by molar-refractivity contribution is 6.04. The molecule has 8 heteroatoms. The monoisotopic (exact) mass is 403 g/mol. The lowest BCUT2D eigenvalue weighted by atomic mass is 10.1. The quantitative estimate of drug-likeness (QED) is 0.504. The molecule has 1 N–H and O–H groups in total. The number of amides is 1. The standard InChI is InChI=1S/C22H21N5O3/c28-22(17-6-10-19(11-7-17)27(29)30)23-18-8-4-16(5-9-18)20-12-13-21(25-24-20)26-14-2-1-3-15-26/h4-13H,1-3,14-15H2,(H,23,28). The van der Waals surface area contributed by atoms with Crippen molar-refractivity contribution in [1.82, 2.24) is 10.2 Å². The zero-order valence-electron chi connectivity index (χ0n) is 16.3. The van der Waals surface area contributed by atoms with Crippen molar-refractivity contribution >= 4 is 23.1 Å². The van der Waals surface area contributed by atoms with Crippen molar-refractivity contribution in [2.45, 2.75) is 19.3 Å². The highest BCUT2D eigenvalue weighted by Gasteiger charge is 2.13. The molecule has 2 heterocycles. The summed E-state index contributed by atoms with van der Waals surface area (Å²) in [7, 11) is 0. The van der Waals surface area contributed by atoms with Crippen LogP contribution in [0.5, 0.6) is 0 Å². The molecule has 1 aliphatic heterocycles. The molecule has 0 aliphatic carbocycles. The largest absolute Gasteiger partial charge is 0.355 e. The molecule has 8 nitrogen and oxygen atoms in total. The first-order chi connectivity index (χ1) is 14.6. The molecule has 0 atom stereocenters. The van der Waals surface area contributed by atoms with Crippen LogP contribution in [0.3, 0.4) is 0 Å². The van der Waals surface area contributed by atoms with Crippen molar-refractivity contribution in [2.24, 2.45) is 0 Å². The third kappa shape index (κ3) is 4.43. The summed E-state index contributed by atoms with van der Waals surface area (Å²) in [5.41, 5.74) is 2.59. The number of nitro benzene ring substituents is 1. The Kier molecular flexibility index (Phi) is 5.65. The van der Waals surface area contributed by atoms with Crippen LogP contribution in [-0.4, -0.2) is 34.1 Å². The lowest BCUT2D eigenvalue weighted by molar-refractivity contribution is -0.384. The molecule has 1 aliphatic rings. The summed E-state index contributed by atoms with van der Waals surface area (Å²) in [5, 5.41) is 22.2. The fourth-order valence-electron chi connectivity index (χ4n) is 3.43. The van der Waals surface area contributed by atoms with E-state index in [-0.39, 0.29) is 11.6 Å². The van der Waals surface area contributed by atoms with Crippen LogP contribution in [0.1, 0.15) is 29.6 Å². The maximum absolute atomic E-state index is 12.3. The number of hydrogen-bond donors (Lipinski definition) is 1. The van der Waals surface area contributed by atoms with E-state index < -0.39 is 4.92 Å². The zero-order chi connectivity index (χ0) is 20.9. The smallest absolute Gasteiger partial charge is 0.269 e. The molecule has 4 rings (SSSR count). The number of carbonyl (C=O) groups is 1. The van der Waals surface area contributed by atoms with E-state index in [2.05, 4.69) is 20.4 Å². The minimum absolute atomic E-state index is 0.0525. The first-order valence-electron chi connectivity index (χ1n) is 9.85.